The molecule has 6 heteroatoms. The van der Waals surface area contributed by atoms with Crippen molar-refractivity contribution in [2.45, 2.75) is 6.10 Å². The summed E-state index contributed by atoms with van der Waals surface area (Å²) in [5.41, 5.74) is 0. The van der Waals surface area contributed by atoms with Crippen molar-refractivity contribution in [3.63, 3.8) is 0 Å². The number of rotatable bonds is 2. The van der Waals surface area contributed by atoms with Crippen molar-refractivity contribution in [3.8, 4) is 0 Å². The van der Waals surface area contributed by atoms with Gasteiger partial charge in [-0.2, -0.15) is 0 Å². The zero-order chi connectivity index (χ0) is 12.5. The average Bonchev–Trinajstić information content (AvgIpc) is 2.29. The predicted octanol–water partition coefficient (Wildman–Crippen LogP) is 0.328. The van der Waals surface area contributed by atoms with Gasteiger partial charge >= 0.3 is 0 Å². The van der Waals surface area contributed by atoms with Crippen LogP contribution in [0.25, 0.3) is 0 Å². The molecule has 5 nitrogen and oxygen atoms in total. The molecule has 0 radical (unpaired) electrons. The third-order valence-electron chi connectivity index (χ3n) is 2.15. The van der Waals surface area contributed by atoms with Crippen molar-refractivity contribution in [2.24, 2.45) is 0 Å². The van der Waals surface area contributed by atoms with E-state index in [0.717, 1.165) is 0 Å². The monoisotopic (exact) mass is 231 g/mol. The van der Waals surface area contributed by atoms with Crippen LogP contribution < -0.4 is 4.90 Å². The molecule has 1 aliphatic heterocycles. The molecule has 0 bridgehead atoms. The summed E-state index contributed by atoms with van der Waals surface area (Å²) in [5.74, 6) is 0.590. The summed E-state index contributed by atoms with van der Waals surface area (Å²) in [6, 6.07) is 3.31. The van der Waals surface area contributed by atoms with Crippen molar-refractivity contribution in [1.29, 1.82) is 0 Å². The minimum Gasteiger partial charge on any atom is -0.394 e. The molecule has 1 atom stereocenters. The molecule has 0 saturated carbocycles. The molecule has 0 aliphatic carbocycles. The number of nitrogens with zero attached hydrogens (tertiary/aromatic N) is 3. The van der Waals surface area contributed by atoms with Gasteiger partial charge in [-0.3, -0.25) is 0 Å². The zero-order valence-corrected chi connectivity index (χ0v) is 8.68. The lowest BCUT2D eigenvalue weighted by molar-refractivity contribution is 0.00332. The Kier molecular flexibility index (Phi) is 2.61. The van der Waals surface area contributed by atoms with Crippen LogP contribution in [0.1, 0.15) is 2.74 Å². The van der Waals surface area contributed by atoms with Crippen molar-refractivity contribution in [2.75, 3.05) is 31.2 Å². The SMILES string of the molecule is [2H]C([2H])(O)[C@@H]1CN(c2ccc(Cl)nn2)CCO1. The van der Waals surface area contributed by atoms with Gasteiger partial charge in [-0.15, -0.1) is 10.2 Å². The van der Waals surface area contributed by atoms with Crippen molar-refractivity contribution < 1.29 is 12.6 Å². The summed E-state index contributed by atoms with van der Waals surface area (Å²) in [6.07, 6.45) is -0.895. The molecule has 1 saturated heterocycles. The number of aromatic nitrogens is 2. The second-order valence-corrected chi connectivity index (χ2v) is 3.54. The van der Waals surface area contributed by atoms with Crippen molar-refractivity contribution >= 4 is 17.4 Å². The van der Waals surface area contributed by atoms with E-state index < -0.39 is 12.7 Å². The molecule has 15 heavy (non-hydrogen) atoms. The molecule has 2 rings (SSSR count). The highest BCUT2D eigenvalue weighted by Gasteiger charge is 2.20. The van der Waals surface area contributed by atoms with E-state index in [0.29, 0.717) is 24.1 Å². The first-order chi connectivity index (χ1) is 7.97. The van der Waals surface area contributed by atoms with Gasteiger partial charge in [0.1, 0.15) is 0 Å². The van der Waals surface area contributed by atoms with Crippen LogP contribution in [0.3, 0.4) is 0 Å². The summed E-state index contributed by atoms with van der Waals surface area (Å²) < 4.78 is 19.6. The highest BCUT2D eigenvalue weighted by molar-refractivity contribution is 6.29. The van der Waals surface area contributed by atoms with Crippen LogP contribution in [0.15, 0.2) is 12.1 Å². The standard InChI is InChI=1S/C9H12ClN3O2/c10-8-1-2-9(12-11-8)13-3-4-15-7(5-13)6-14/h1-2,7,14H,3-6H2/t7-/m0/s1/i6D2. The minimum atomic E-state index is -2.36. The maximum atomic E-state index is 9.28. The van der Waals surface area contributed by atoms with Gasteiger partial charge in [0.15, 0.2) is 11.0 Å². The van der Waals surface area contributed by atoms with Crippen LogP contribution >= 0.6 is 11.6 Å². The number of hydrogen-bond donors (Lipinski definition) is 1. The Hall–Kier alpha value is -0.910. The third-order valence-corrected chi connectivity index (χ3v) is 2.35. The van der Waals surface area contributed by atoms with E-state index in [-0.39, 0.29) is 6.54 Å². The minimum absolute atomic E-state index is 0.222. The van der Waals surface area contributed by atoms with E-state index in [1.54, 1.807) is 17.0 Å². The van der Waals surface area contributed by atoms with Crippen molar-refractivity contribution in [3.05, 3.63) is 17.3 Å². The average molecular weight is 232 g/mol. The van der Waals surface area contributed by atoms with Crippen LogP contribution in [-0.4, -0.2) is 47.7 Å². The highest BCUT2D eigenvalue weighted by Crippen LogP contribution is 2.15. The topological polar surface area (TPSA) is 58.5 Å². The summed E-state index contributed by atoms with van der Waals surface area (Å²) in [6.45, 7) is -1.24. The number of ether oxygens (including phenoxy) is 1. The number of halogens is 1. The van der Waals surface area contributed by atoms with Crippen LogP contribution in [0, 0.1) is 0 Å². The van der Waals surface area contributed by atoms with Gasteiger partial charge in [0.25, 0.3) is 0 Å². The Labute approximate surface area is 95.4 Å². The second kappa shape index (κ2) is 4.74. The van der Waals surface area contributed by atoms with Gasteiger partial charge in [0, 0.05) is 13.1 Å². The molecule has 0 aromatic carbocycles. The van der Waals surface area contributed by atoms with E-state index in [2.05, 4.69) is 10.2 Å². The fourth-order valence-corrected chi connectivity index (χ4v) is 1.51. The number of hydrogen-bond acceptors (Lipinski definition) is 5. The fourth-order valence-electron chi connectivity index (χ4n) is 1.41. The zero-order valence-electron chi connectivity index (χ0n) is 9.93. The Morgan fingerprint density at radius 2 is 2.53 bits per heavy atom. The summed E-state index contributed by atoms with van der Waals surface area (Å²) in [5, 5.41) is 17.2. The normalized spacial score (nSPS) is 24.7. The first-order valence-corrected chi connectivity index (χ1v) is 4.93. The maximum Gasteiger partial charge on any atom is 0.151 e. The molecule has 1 fully saturated rings. The summed E-state index contributed by atoms with van der Waals surface area (Å²) in [7, 11) is 0. The first-order valence-electron chi connectivity index (χ1n) is 5.55. The predicted molar refractivity (Wildman–Crippen MR) is 56.1 cm³/mol. The van der Waals surface area contributed by atoms with E-state index in [1.165, 1.54) is 0 Å². The lowest BCUT2D eigenvalue weighted by Crippen LogP contribution is -2.44. The maximum absolute atomic E-state index is 9.28. The molecule has 0 amide bonds. The van der Waals surface area contributed by atoms with Gasteiger partial charge in [-0.05, 0) is 12.1 Å². The summed E-state index contributed by atoms with van der Waals surface area (Å²) >= 11 is 5.64. The van der Waals surface area contributed by atoms with Gasteiger partial charge < -0.3 is 14.7 Å². The summed E-state index contributed by atoms with van der Waals surface area (Å²) in [4.78, 5) is 1.80. The van der Waals surface area contributed by atoms with Crippen LogP contribution in [-0.2, 0) is 4.74 Å². The molecular formula is C9H12ClN3O2. The smallest absolute Gasteiger partial charge is 0.151 e. The molecule has 2 heterocycles. The fraction of sp³-hybridized carbons (Fsp3) is 0.556. The lowest BCUT2D eigenvalue weighted by atomic mass is 10.3. The second-order valence-electron chi connectivity index (χ2n) is 3.15. The van der Waals surface area contributed by atoms with Gasteiger partial charge in [0.05, 0.1) is 22.0 Å². The number of anilines is 1. The molecule has 82 valence electrons. The Morgan fingerprint density at radius 3 is 3.20 bits per heavy atom. The van der Waals surface area contributed by atoms with Crippen molar-refractivity contribution in [1.82, 2.24) is 10.2 Å². The first kappa shape index (κ1) is 8.27. The van der Waals surface area contributed by atoms with Gasteiger partial charge in [0.2, 0.25) is 0 Å². The lowest BCUT2D eigenvalue weighted by Gasteiger charge is -2.32. The molecule has 1 aromatic rings. The molecule has 1 aliphatic rings. The van der Waals surface area contributed by atoms with E-state index >= 15 is 0 Å². The molecule has 1 aromatic heterocycles. The molecular weight excluding hydrogens is 218 g/mol. The van der Waals surface area contributed by atoms with Crippen LogP contribution in [0.5, 0.6) is 0 Å². The molecule has 0 unspecified atom stereocenters. The van der Waals surface area contributed by atoms with Crippen LogP contribution in [0.4, 0.5) is 5.82 Å². The van der Waals surface area contributed by atoms with Crippen LogP contribution in [0.2, 0.25) is 5.15 Å². The Balaban J connectivity index is 2.09. The van der Waals surface area contributed by atoms with E-state index in [1.807, 2.05) is 0 Å². The highest BCUT2D eigenvalue weighted by atomic mass is 35.5. The quantitative estimate of drug-likeness (QED) is 0.795. The van der Waals surface area contributed by atoms with E-state index in [4.69, 9.17) is 19.1 Å². The van der Waals surface area contributed by atoms with Gasteiger partial charge in [-0.25, -0.2) is 0 Å². The van der Waals surface area contributed by atoms with E-state index in [9.17, 15) is 5.11 Å². The third kappa shape index (κ3) is 2.56. The Morgan fingerprint density at radius 1 is 1.67 bits per heavy atom. The number of morpholine rings is 1. The molecule has 0 spiro atoms. The number of aliphatic hydroxyl groups is 1. The van der Waals surface area contributed by atoms with Gasteiger partial charge in [-0.1, -0.05) is 11.6 Å². The largest absolute Gasteiger partial charge is 0.394 e. The molecule has 1 N–H and O–H groups in total. The Bertz CT molecular complexity index is 385.